The van der Waals surface area contributed by atoms with Gasteiger partial charge in [0.25, 0.3) is 0 Å². The van der Waals surface area contributed by atoms with Crippen molar-refractivity contribution in [2.45, 2.75) is 52.5 Å². The Morgan fingerprint density at radius 3 is 1.65 bits per heavy atom. The Balaban J connectivity index is 3.04. The molecule has 1 rings (SSSR count). The molecule has 1 aromatic rings. The van der Waals surface area contributed by atoms with Crippen LogP contribution in [0.15, 0.2) is 24.3 Å². The minimum Gasteiger partial charge on any atom is -0.311 e. The third-order valence-corrected chi connectivity index (χ3v) is 4.42. The Morgan fingerprint density at radius 1 is 0.882 bits per heavy atom. The van der Waals surface area contributed by atoms with Crippen LogP contribution in [-0.4, -0.2) is 7.05 Å². The molecule has 1 N–H and O–H groups in total. The zero-order valence-electron chi connectivity index (χ0n) is 12.4. The molecule has 0 saturated carbocycles. The van der Waals surface area contributed by atoms with Crippen molar-refractivity contribution in [3.63, 3.8) is 0 Å². The minimum atomic E-state index is 0.0422. The van der Waals surface area contributed by atoms with Crippen molar-refractivity contribution in [2.24, 2.45) is 5.92 Å². The Morgan fingerprint density at radius 2 is 1.29 bits per heavy atom. The maximum Gasteiger partial charge on any atom is 0.0374 e. The molecule has 0 aliphatic rings. The molecule has 1 nitrogen and oxygen atoms in total. The highest BCUT2D eigenvalue weighted by molar-refractivity contribution is 5.31. The van der Waals surface area contributed by atoms with Crippen LogP contribution in [0.4, 0.5) is 0 Å². The van der Waals surface area contributed by atoms with Crippen molar-refractivity contribution in [1.82, 2.24) is 5.32 Å². The van der Waals surface area contributed by atoms with Crippen molar-refractivity contribution in [3.8, 4) is 0 Å². The number of hydrogen-bond acceptors (Lipinski definition) is 1. The fourth-order valence-electron chi connectivity index (χ4n) is 1.79. The standard InChI is InChI=1S/C16H27N/c1-12(2)15(3,4)13-8-10-14(11-9-13)16(5,6)17-7/h8-12,17H,1-7H3. The molecule has 0 fully saturated rings. The Bertz CT molecular complexity index is 358. The number of benzene rings is 1. The second-order valence-corrected chi connectivity index (χ2v) is 6.33. The van der Waals surface area contributed by atoms with Gasteiger partial charge in [0.05, 0.1) is 0 Å². The highest BCUT2D eigenvalue weighted by Gasteiger charge is 2.25. The van der Waals surface area contributed by atoms with Crippen molar-refractivity contribution in [2.75, 3.05) is 7.05 Å². The molecular weight excluding hydrogens is 206 g/mol. The van der Waals surface area contributed by atoms with Crippen LogP contribution in [0.5, 0.6) is 0 Å². The lowest BCUT2D eigenvalue weighted by Gasteiger charge is -2.31. The highest BCUT2D eigenvalue weighted by atomic mass is 14.9. The van der Waals surface area contributed by atoms with Crippen molar-refractivity contribution in [3.05, 3.63) is 35.4 Å². The summed E-state index contributed by atoms with van der Waals surface area (Å²) in [6.45, 7) is 13.6. The summed E-state index contributed by atoms with van der Waals surface area (Å²) in [4.78, 5) is 0. The fraction of sp³-hybridized carbons (Fsp3) is 0.625. The molecular formula is C16H27N. The molecule has 1 heteroatoms. The van der Waals surface area contributed by atoms with E-state index in [0.29, 0.717) is 5.92 Å². The van der Waals surface area contributed by atoms with Crippen LogP contribution in [0, 0.1) is 5.92 Å². The predicted octanol–water partition coefficient (Wildman–Crippen LogP) is 4.07. The van der Waals surface area contributed by atoms with Gasteiger partial charge in [0.2, 0.25) is 0 Å². The van der Waals surface area contributed by atoms with Gasteiger partial charge in [0, 0.05) is 5.54 Å². The van der Waals surface area contributed by atoms with Gasteiger partial charge in [-0.25, -0.2) is 0 Å². The van der Waals surface area contributed by atoms with E-state index in [1.54, 1.807) is 0 Å². The summed E-state index contributed by atoms with van der Waals surface area (Å²) in [6, 6.07) is 9.04. The van der Waals surface area contributed by atoms with E-state index in [1.165, 1.54) is 11.1 Å². The summed E-state index contributed by atoms with van der Waals surface area (Å²) in [5.41, 5.74) is 3.04. The van der Waals surface area contributed by atoms with E-state index < -0.39 is 0 Å². The molecule has 0 unspecified atom stereocenters. The molecule has 0 heterocycles. The molecule has 0 saturated heterocycles. The minimum absolute atomic E-state index is 0.0422. The maximum atomic E-state index is 3.34. The van der Waals surface area contributed by atoms with Crippen LogP contribution in [0.1, 0.15) is 52.7 Å². The van der Waals surface area contributed by atoms with E-state index in [4.69, 9.17) is 0 Å². The van der Waals surface area contributed by atoms with E-state index in [9.17, 15) is 0 Å². The quantitative estimate of drug-likeness (QED) is 0.826. The molecule has 17 heavy (non-hydrogen) atoms. The third-order valence-electron chi connectivity index (χ3n) is 4.42. The molecule has 0 aliphatic heterocycles. The summed E-state index contributed by atoms with van der Waals surface area (Å²) < 4.78 is 0. The van der Waals surface area contributed by atoms with Gasteiger partial charge in [-0.2, -0.15) is 0 Å². The first-order valence-electron chi connectivity index (χ1n) is 6.51. The van der Waals surface area contributed by atoms with Gasteiger partial charge in [-0.3, -0.25) is 0 Å². The lowest BCUT2D eigenvalue weighted by atomic mass is 9.74. The second-order valence-electron chi connectivity index (χ2n) is 6.33. The largest absolute Gasteiger partial charge is 0.311 e. The molecule has 0 bridgehead atoms. The van der Waals surface area contributed by atoms with Crippen LogP contribution in [0.3, 0.4) is 0 Å². The second kappa shape index (κ2) is 4.81. The topological polar surface area (TPSA) is 12.0 Å². The van der Waals surface area contributed by atoms with Crippen molar-refractivity contribution in [1.29, 1.82) is 0 Å². The summed E-state index contributed by atoms with van der Waals surface area (Å²) in [5, 5.41) is 3.34. The number of hydrogen-bond donors (Lipinski definition) is 1. The van der Waals surface area contributed by atoms with Crippen molar-refractivity contribution >= 4 is 0 Å². The summed E-state index contributed by atoms with van der Waals surface area (Å²) in [7, 11) is 2.01. The van der Waals surface area contributed by atoms with E-state index in [2.05, 4.69) is 71.1 Å². The van der Waals surface area contributed by atoms with Gasteiger partial charge in [0.1, 0.15) is 0 Å². The Kier molecular flexibility index (Phi) is 4.03. The molecule has 0 aromatic heterocycles. The van der Waals surface area contributed by atoms with Crippen LogP contribution >= 0.6 is 0 Å². The van der Waals surface area contributed by atoms with E-state index in [0.717, 1.165) is 0 Å². The molecule has 0 aliphatic carbocycles. The first-order valence-corrected chi connectivity index (χ1v) is 6.51. The van der Waals surface area contributed by atoms with Gasteiger partial charge in [0.15, 0.2) is 0 Å². The zero-order chi connectivity index (χ0) is 13.3. The molecule has 1 aromatic carbocycles. The predicted molar refractivity (Wildman–Crippen MR) is 76.4 cm³/mol. The zero-order valence-corrected chi connectivity index (χ0v) is 12.4. The van der Waals surface area contributed by atoms with E-state index in [1.807, 2.05) is 7.05 Å². The van der Waals surface area contributed by atoms with Crippen molar-refractivity contribution < 1.29 is 0 Å². The smallest absolute Gasteiger partial charge is 0.0374 e. The third kappa shape index (κ3) is 2.90. The Labute approximate surface area is 107 Å². The monoisotopic (exact) mass is 233 g/mol. The Hall–Kier alpha value is -0.820. The molecule has 0 atom stereocenters. The molecule has 0 radical (unpaired) electrons. The average Bonchev–Trinajstić information content (AvgIpc) is 2.29. The summed E-state index contributed by atoms with van der Waals surface area (Å²) in [5.74, 6) is 0.644. The normalized spacial score (nSPS) is 13.2. The number of rotatable bonds is 4. The summed E-state index contributed by atoms with van der Waals surface area (Å²) >= 11 is 0. The average molecular weight is 233 g/mol. The van der Waals surface area contributed by atoms with Gasteiger partial charge in [-0.05, 0) is 43.4 Å². The SMILES string of the molecule is CNC(C)(C)c1ccc(C(C)(C)C(C)C)cc1. The first kappa shape index (κ1) is 14.2. The molecule has 0 spiro atoms. The number of nitrogens with one attached hydrogen (secondary N) is 1. The van der Waals surface area contributed by atoms with Gasteiger partial charge in [-0.15, -0.1) is 0 Å². The molecule has 96 valence electrons. The van der Waals surface area contributed by atoms with Gasteiger partial charge in [-0.1, -0.05) is 52.0 Å². The van der Waals surface area contributed by atoms with Crippen LogP contribution in [0.2, 0.25) is 0 Å². The molecule has 0 amide bonds. The maximum absolute atomic E-state index is 3.34. The summed E-state index contributed by atoms with van der Waals surface area (Å²) in [6.07, 6.45) is 0. The first-order chi connectivity index (χ1) is 7.71. The lowest BCUT2D eigenvalue weighted by molar-refractivity contribution is 0.371. The van der Waals surface area contributed by atoms with E-state index >= 15 is 0 Å². The van der Waals surface area contributed by atoms with Gasteiger partial charge < -0.3 is 5.32 Å². The van der Waals surface area contributed by atoms with E-state index in [-0.39, 0.29) is 11.0 Å². The van der Waals surface area contributed by atoms with Gasteiger partial charge >= 0.3 is 0 Å². The lowest BCUT2D eigenvalue weighted by Crippen LogP contribution is -2.33. The van der Waals surface area contributed by atoms with Crippen LogP contribution in [0.25, 0.3) is 0 Å². The van der Waals surface area contributed by atoms with Crippen LogP contribution < -0.4 is 5.32 Å². The fourth-order valence-corrected chi connectivity index (χ4v) is 1.79. The van der Waals surface area contributed by atoms with Crippen LogP contribution in [-0.2, 0) is 11.0 Å². The highest BCUT2D eigenvalue weighted by Crippen LogP contribution is 2.32.